The minimum absolute atomic E-state index is 0.187. The molecule has 0 heterocycles. The predicted octanol–water partition coefficient (Wildman–Crippen LogP) is 8.15. The lowest BCUT2D eigenvalue weighted by Gasteiger charge is -2.15. The van der Waals surface area contributed by atoms with E-state index in [-0.39, 0.29) is 6.61 Å². The van der Waals surface area contributed by atoms with Crippen LogP contribution < -0.4 is 14.8 Å². The Morgan fingerprint density at radius 2 is 1.48 bits per heavy atom. The molecule has 0 fully saturated rings. The molecule has 0 saturated heterocycles. The van der Waals surface area contributed by atoms with Gasteiger partial charge in [-0.25, -0.2) is 0 Å². The Morgan fingerprint density at radius 3 is 2.14 bits per heavy atom. The zero-order chi connectivity index (χ0) is 21.0. The highest BCUT2D eigenvalue weighted by molar-refractivity contribution is 6.42. The third-order valence-corrected chi connectivity index (χ3v) is 5.97. The SMILES string of the molecule is COc1cc(CNc2ccc(Cl)c(Cl)c2)c(Cl)cc1OCc1c(Cl)cccc1Cl. The number of ether oxygens (including phenoxy) is 2. The van der Waals surface area contributed by atoms with Gasteiger partial charge >= 0.3 is 0 Å². The lowest BCUT2D eigenvalue weighted by atomic mass is 10.2. The third-order valence-electron chi connectivity index (χ3n) is 4.17. The number of hydrogen-bond donors (Lipinski definition) is 1. The Hall–Kier alpha value is -1.49. The van der Waals surface area contributed by atoms with E-state index >= 15 is 0 Å². The van der Waals surface area contributed by atoms with Crippen molar-refractivity contribution in [2.24, 2.45) is 0 Å². The van der Waals surface area contributed by atoms with Crippen molar-refractivity contribution >= 4 is 63.7 Å². The number of benzene rings is 3. The second-order valence-corrected chi connectivity index (χ2v) is 8.10. The van der Waals surface area contributed by atoms with Gasteiger partial charge in [-0.05, 0) is 42.0 Å². The summed E-state index contributed by atoms with van der Waals surface area (Å²) in [4.78, 5) is 0. The Kier molecular flexibility index (Phi) is 7.66. The molecule has 0 aliphatic rings. The summed E-state index contributed by atoms with van der Waals surface area (Å²) >= 11 is 30.8. The average Bonchev–Trinajstić information content (AvgIpc) is 2.69. The van der Waals surface area contributed by atoms with Crippen LogP contribution in [0.1, 0.15) is 11.1 Å². The largest absolute Gasteiger partial charge is 0.493 e. The third kappa shape index (κ3) is 5.56. The molecule has 3 rings (SSSR count). The molecule has 152 valence electrons. The minimum atomic E-state index is 0.187. The van der Waals surface area contributed by atoms with Crippen molar-refractivity contribution in [2.75, 3.05) is 12.4 Å². The molecule has 1 N–H and O–H groups in total. The summed E-state index contributed by atoms with van der Waals surface area (Å²) in [5, 5.41) is 5.82. The fourth-order valence-corrected chi connectivity index (χ4v) is 3.63. The van der Waals surface area contributed by atoms with E-state index in [1.54, 1.807) is 43.5 Å². The molecule has 0 amide bonds. The molecule has 0 aromatic heterocycles. The molecule has 0 atom stereocenters. The highest BCUT2D eigenvalue weighted by Gasteiger charge is 2.13. The van der Waals surface area contributed by atoms with Crippen LogP contribution in [0.2, 0.25) is 25.1 Å². The second-order valence-electron chi connectivity index (χ2n) is 6.07. The summed E-state index contributed by atoms with van der Waals surface area (Å²) in [6, 6.07) is 14.1. The summed E-state index contributed by atoms with van der Waals surface area (Å²) in [5.41, 5.74) is 2.35. The van der Waals surface area contributed by atoms with Gasteiger partial charge in [0.15, 0.2) is 11.5 Å². The average molecular weight is 492 g/mol. The van der Waals surface area contributed by atoms with E-state index in [2.05, 4.69) is 5.32 Å². The molecule has 0 aliphatic heterocycles. The van der Waals surface area contributed by atoms with Crippen molar-refractivity contribution in [3.8, 4) is 11.5 Å². The van der Waals surface area contributed by atoms with Gasteiger partial charge < -0.3 is 14.8 Å². The monoisotopic (exact) mass is 489 g/mol. The van der Waals surface area contributed by atoms with Gasteiger partial charge in [-0.1, -0.05) is 64.1 Å². The fourth-order valence-electron chi connectivity index (χ4n) is 2.61. The van der Waals surface area contributed by atoms with Crippen LogP contribution in [0.25, 0.3) is 0 Å². The van der Waals surface area contributed by atoms with E-state index in [1.165, 1.54) is 0 Å². The fraction of sp³-hybridized carbons (Fsp3) is 0.143. The molecule has 3 nitrogen and oxygen atoms in total. The van der Waals surface area contributed by atoms with Crippen LogP contribution in [0.15, 0.2) is 48.5 Å². The Labute approximate surface area is 194 Å². The molecule has 8 heteroatoms. The molecule has 3 aromatic carbocycles. The zero-order valence-corrected chi connectivity index (χ0v) is 19.0. The number of rotatable bonds is 7. The van der Waals surface area contributed by atoms with E-state index in [0.29, 0.717) is 48.7 Å². The standard InChI is InChI=1S/C21H16Cl5NO2/c1-28-20-7-12(10-27-13-5-6-17(24)19(26)8-13)18(25)9-21(20)29-11-14-15(22)3-2-4-16(14)23/h2-9,27H,10-11H2,1H3. The van der Waals surface area contributed by atoms with Gasteiger partial charge in [0.1, 0.15) is 6.61 Å². The summed E-state index contributed by atoms with van der Waals surface area (Å²) in [7, 11) is 1.56. The Bertz CT molecular complexity index is 1010. The number of methoxy groups -OCH3 is 1. The summed E-state index contributed by atoms with van der Waals surface area (Å²) < 4.78 is 11.3. The summed E-state index contributed by atoms with van der Waals surface area (Å²) in [5.74, 6) is 1.04. The highest BCUT2D eigenvalue weighted by Crippen LogP contribution is 2.35. The van der Waals surface area contributed by atoms with E-state index in [4.69, 9.17) is 67.5 Å². The smallest absolute Gasteiger partial charge is 0.163 e. The van der Waals surface area contributed by atoms with E-state index in [9.17, 15) is 0 Å². The van der Waals surface area contributed by atoms with Crippen molar-refractivity contribution in [1.82, 2.24) is 0 Å². The maximum absolute atomic E-state index is 6.45. The molecule has 0 aliphatic carbocycles. The van der Waals surface area contributed by atoms with Crippen molar-refractivity contribution in [1.29, 1.82) is 0 Å². The first kappa shape index (κ1) is 22.2. The molecule has 3 aromatic rings. The number of hydrogen-bond acceptors (Lipinski definition) is 3. The van der Waals surface area contributed by atoms with Crippen LogP contribution in [0.5, 0.6) is 11.5 Å². The lowest BCUT2D eigenvalue weighted by Crippen LogP contribution is -2.03. The second kappa shape index (κ2) is 10.0. The van der Waals surface area contributed by atoms with E-state index < -0.39 is 0 Å². The molecular weight excluding hydrogens is 476 g/mol. The van der Waals surface area contributed by atoms with Gasteiger partial charge in [-0.2, -0.15) is 0 Å². The molecule has 0 unspecified atom stereocenters. The minimum Gasteiger partial charge on any atom is -0.493 e. The number of anilines is 1. The van der Waals surface area contributed by atoms with E-state index in [1.807, 2.05) is 12.1 Å². The van der Waals surface area contributed by atoms with Crippen LogP contribution in [-0.4, -0.2) is 7.11 Å². The number of halogens is 5. The Balaban J connectivity index is 1.75. The molecule has 0 radical (unpaired) electrons. The van der Waals surface area contributed by atoms with Gasteiger partial charge in [0, 0.05) is 38.9 Å². The molecule has 29 heavy (non-hydrogen) atoms. The van der Waals surface area contributed by atoms with Crippen molar-refractivity contribution in [3.63, 3.8) is 0 Å². The summed E-state index contributed by atoms with van der Waals surface area (Å²) in [6.45, 7) is 0.649. The van der Waals surface area contributed by atoms with Gasteiger partial charge in [-0.15, -0.1) is 0 Å². The van der Waals surface area contributed by atoms with Gasteiger partial charge in [0.2, 0.25) is 0 Å². The first-order valence-corrected chi connectivity index (χ1v) is 10.4. The lowest BCUT2D eigenvalue weighted by molar-refractivity contribution is 0.284. The molecular formula is C21H16Cl5NO2. The van der Waals surface area contributed by atoms with Crippen LogP contribution in [0, 0.1) is 0 Å². The zero-order valence-electron chi connectivity index (χ0n) is 15.2. The van der Waals surface area contributed by atoms with Crippen LogP contribution in [-0.2, 0) is 13.2 Å². The number of nitrogens with one attached hydrogen (secondary N) is 1. The first-order chi connectivity index (χ1) is 13.9. The van der Waals surface area contributed by atoms with Crippen molar-refractivity contribution in [3.05, 3.63) is 84.8 Å². The predicted molar refractivity (Wildman–Crippen MR) is 123 cm³/mol. The highest BCUT2D eigenvalue weighted by atomic mass is 35.5. The quantitative estimate of drug-likeness (QED) is 0.362. The molecule has 0 spiro atoms. The van der Waals surface area contributed by atoms with Gasteiger partial charge in [0.05, 0.1) is 17.2 Å². The van der Waals surface area contributed by atoms with Gasteiger partial charge in [-0.3, -0.25) is 0 Å². The first-order valence-electron chi connectivity index (χ1n) is 8.50. The topological polar surface area (TPSA) is 30.5 Å². The van der Waals surface area contributed by atoms with E-state index in [0.717, 1.165) is 11.3 Å². The van der Waals surface area contributed by atoms with Crippen LogP contribution >= 0.6 is 58.0 Å². The molecule has 0 bridgehead atoms. The molecule has 0 saturated carbocycles. The normalized spacial score (nSPS) is 10.7. The Morgan fingerprint density at radius 1 is 0.759 bits per heavy atom. The maximum atomic E-state index is 6.45. The maximum Gasteiger partial charge on any atom is 0.163 e. The summed E-state index contributed by atoms with van der Waals surface area (Å²) in [6.07, 6.45) is 0. The van der Waals surface area contributed by atoms with Crippen molar-refractivity contribution < 1.29 is 9.47 Å². The van der Waals surface area contributed by atoms with Crippen molar-refractivity contribution in [2.45, 2.75) is 13.2 Å². The van der Waals surface area contributed by atoms with Crippen LogP contribution in [0.4, 0.5) is 5.69 Å². The van der Waals surface area contributed by atoms with Crippen LogP contribution in [0.3, 0.4) is 0 Å². The van der Waals surface area contributed by atoms with Gasteiger partial charge in [0.25, 0.3) is 0 Å².